The van der Waals surface area contributed by atoms with Crippen molar-refractivity contribution in [3.8, 4) is 22.4 Å². The number of nitrogens with zero attached hydrogens (tertiary/aromatic N) is 1. The molecule has 26 heavy (non-hydrogen) atoms. The molecular weight excluding hydrogens is 334 g/mol. The third kappa shape index (κ3) is 1.66. The van der Waals surface area contributed by atoms with E-state index >= 15 is 0 Å². The fraction of sp³-hybridized carbons (Fsp3) is 0.167. The summed E-state index contributed by atoms with van der Waals surface area (Å²) in [6, 6.07) is 18.2. The van der Waals surface area contributed by atoms with Gasteiger partial charge >= 0.3 is 0 Å². The maximum atomic E-state index is 2.46. The summed E-state index contributed by atoms with van der Waals surface area (Å²) in [5, 5.41) is 5.83. The first-order valence-electron chi connectivity index (χ1n) is 9.20. The molecule has 0 radical (unpaired) electrons. The summed E-state index contributed by atoms with van der Waals surface area (Å²) in [6.07, 6.45) is 6.96. The monoisotopic (exact) mass is 353 g/mol. The standard InChI is InChI=1S/C24H19NS/c1-25-21-7-3-2-6-19(21)22-23(25)18-9-8-16(17-10-13-26-15-17)14-20(18)24(22)11-4-5-12-24/h2-10,13-15H,11-12H2,1H3. The molecule has 2 aromatic heterocycles. The SMILES string of the molecule is Cn1c2c(c3ccccc31)C1(CC=CC1)c1cc(-c3ccsc3)ccc1-2. The zero-order valence-electron chi connectivity index (χ0n) is 14.7. The molecule has 0 aliphatic heterocycles. The van der Waals surface area contributed by atoms with Crippen molar-refractivity contribution in [1.29, 1.82) is 0 Å². The molecule has 126 valence electrons. The minimum absolute atomic E-state index is 0.109. The molecule has 2 heteroatoms. The maximum Gasteiger partial charge on any atom is 0.0533 e. The van der Waals surface area contributed by atoms with Gasteiger partial charge in [-0.15, -0.1) is 0 Å². The number of aryl methyl sites for hydroxylation is 1. The molecule has 4 aromatic rings. The van der Waals surface area contributed by atoms with Gasteiger partial charge in [0.15, 0.2) is 0 Å². The first-order valence-corrected chi connectivity index (χ1v) is 10.1. The summed E-state index contributed by atoms with van der Waals surface area (Å²) in [7, 11) is 2.22. The molecule has 6 rings (SSSR count). The minimum atomic E-state index is 0.109. The van der Waals surface area contributed by atoms with Crippen LogP contribution >= 0.6 is 11.3 Å². The Kier molecular flexibility index (Phi) is 2.80. The molecule has 2 aliphatic rings. The lowest BCUT2D eigenvalue weighted by Gasteiger charge is -2.27. The van der Waals surface area contributed by atoms with Crippen LogP contribution < -0.4 is 0 Å². The second-order valence-electron chi connectivity index (χ2n) is 7.53. The summed E-state index contributed by atoms with van der Waals surface area (Å²) in [4.78, 5) is 0. The second kappa shape index (κ2) is 4.99. The van der Waals surface area contributed by atoms with Crippen LogP contribution in [0.2, 0.25) is 0 Å². The van der Waals surface area contributed by atoms with Crippen LogP contribution in [0.5, 0.6) is 0 Å². The molecule has 1 spiro atoms. The van der Waals surface area contributed by atoms with E-state index in [1.54, 1.807) is 11.3 Å². The van der Waals surface area contributed by atoms with Crippen molar-refractivity contribution in [1.82, 2.24) is 4.57 Å². The van der Waals surface area contributed by atoms with Crippen LogP contribution in [-0.2, 0) is 12.5 Å². The largest absolute Gasteiger partial charge is 0.343 e. The van der Waals surface area contributed by atoms with Crippen molar-refractivity contribution in [2.45, 2.75) is 18.3 Å². The van der Waals surface area contributed by atoms with Gasteiger partial charge in [0.1, 0.15) is 0 Å². The lowest BCUT2D eigenvalue weighted by Crippen LogP contribution is -2.21. The Morgan fingerprint density at radius 3 is 2.62 bits per heavy atom. The van der Waals surface area contributed by atoms with E-state index in [1.165, 1.54) is 44.4 Å². The van der Waals surface area contributed by atoms with E-state index in [0.717, 1.165) is 12.8 Å². The molecule has 0 N–H and O–H groups in total. The molecule has 0 bridgehead atoms. The minimum Gasteiger partial charge on any atom is -0.343 e. The van der Waals surface area contributed by atoms with Gasteiger partial charge in [-0.05, 0) is 64.1 Å². The normalized spacial score (nSPS) is 16.5. The highest BCUT2D eigenvalue weighted by Crippen LogP contribution is 2.58. The summed E-state index contributed by atoms with van der Waals surface area (Å²) in [5.41, 5.74) is 10.0. The van der Waals surface area contributed by atoms with Gasteiger partial charge in [0, 0.05) is 28.9 Å². The Labute approximate surface area is 157 Å². The Morgan fingerprint density at radius 1 is 0.962 bits per heavy atom. The van der Waals surface area contributed by atoms with Gasteiger partial charge in [0.2, 0.25) is 0 Å². The number of thiophene rings is 1. The second-order valence-corrected chi connectivity index (χ2v) is 8.31. The highest BCUT2D eigenvalue weighted by molar-refractivity contribution is 7.08. The topological polar surface area (TPSA) is 4.93 Å². The zero-order chi connectivity index (χ0) is 17.3. The number of benzene rings is 2. The average molecular weight is 353 g/mol. The van der Waals surface area contributed by atoms with Crippen molar-refractivity contribution in [2.75, 3.05) is 0 Å². The van der Waals surface area contributed by atoms with Gasteiger partial charge in [-0.1, -0.05) is 42.5 Å². The third-order valence-electron chi connectivity index (χ3n) is 6.33. The van der Waals surface area contributed by atoms with Crippen LogP contribution in [0, 0.1) is 0 Å². The van der Waals surface area contributed by atoms with Crippen LogP contribution in [0.4, 0.5) is 0 Å². The summed E-state index contributed by atoms with van der Waals surface area (Å²) < 4.78 is 2.40. The van der Waals surface area contributed by atoms with E-state index in [0.29, 0.717) is 0 Å². The fourth-order valence-electron chi connectivity index (χ4n) is 5.16. The summed E-state index contributed by atoms with van der Waals surface area (Å²) >= 11 is 1.77. The van der Waals surface area contributed by atoms with Crippen LogP contribution in [0.15, 0.2) is 71.4 Å². The Bertz CT molecular complexity index is 1180. The maximum absolute atomic E-state index is 2.46. The lowest BCUT2D eigenvalue weighted by atomic mass is 9.75. The van der Waals surface area contributed by atoms with Gasteiger partial charge in [0.05, 0.1) is 5.69 Å². The van der Waals surface area contributed by atoms with Crippen LogP contribution in [0.1, 0.15) is 24.0 Å². The summed E-state index contributed by atoms with van der Waals surface area (Å²) in [6.45, 7) is 0. The highest BCUT2D eigenvalue weighted by Gasteiger charge is 2.46. The van der Waals surface area contributed by atoms with Gasteiger partial charge in [-0.3, -0.25) is 0 Å². The van der Waals surface area contributed by atoms with Crippen molar-refractivity contribution in [3.05, 3.63) is 82.6 Å². The Balaban J connectivity index is 1.71. The van der Waals surface area contributed by atoms with Crippen LogP contribution in [0.3, 0.4) is 0 Å². The molecule has 0 saturated heterocycles. The smallest absolute Gasteiger partial charge is 0.0533 e. The average Bonchev–Trinajstić information content (AvgIpc) is 3.45. The van der Waals surface area contributed by atoms with Crippen molar-refractivity contribution in [2.24, 2.45) is 7.05 Å². The van der Waals surface area contributed by atoms with Crippen molar-refractivity contribution >= 4 is 22.2 Å². The van der Waals surface area contributed by atoms with E-state index in [1.807, 2.05) is 0 Å². The van der Waals surface area contributed by atoms with E-state index < -0.39 is 0 Å². The number of hydrogen-bond acceptors (Lipinski definition) is 1. The first kappa shape index (κ1) is 14.6. The van der Waals surface area contributed by atoms with E-state index in [-0.39, 0.29) is 5.41 Å². The lowest BCUT2D eigenvalue weighted by molar-refractivity contribution is 0.577. The molecule has 0 saturated carbocycles. The molecule has 2 heterocycles. The van der Waals surface area contributed by atoms with Crippen LogP contribution in [0.25, 0.3) is 33.3 Å². The molecule has 2 aliphatic carbocycles. The predicted molar refractivity (Wildman–Crippen MR) is 111 cm³/mol. The highest BCUT2D eigenvalue weighted by atomic mass is 32.1. The van der Waals surface area contributed by atoms with Gasteiger partial charge in [0.25, 0.3) is 0 Å². The van der Waals surface area contributed by atoms with Gasteiger partial charge < -0.3 is 4.57 Å². The van der Waals surface area contributed by atoms with E-state index in [9.17, 15) is 0 Å². The predicted octanol–water partition coefficient (Wildman–Crippen LogP) is 6.52. The quantitative estimate of drug-likeness (QED) is 0.343. The van der Waals surface area contributed by atoms with E-state index in [4.69, 9.17) is 0 Å². The number of fused-ring (bicyclic) bond motifs is 7. The zero-order valence-corrected chi connectivity index (χ0v) is 15.5. The van der Waals surface area contributed by atoms with Crippen molar-refractivity contribution < 1.29 is 0 Å². The van der Waals surface area contributed by atoms with Crippen molar-refractivity contribution in [3.63, 3.8) is 0 Å². The van der Waals surface area contributed by atoms with Gasteiger partial charge in [-0.2, -0.15) is 11.3 Å². The number of allylic oxidation sites excluding steroid dienone is 2. The molecule has 0 amide bonds. The summed E-state index contributed by atoms with van der Waals surface area (Å²) in [5.74, 6) is 0. The number of hydrogen-bond donors (Lipinski definition) is 0. The number of aromatic nitrogens is 1. The number of para-hydroxylation sites is 1. The third-order valence-corrected chi connectivity index (χ3v) is 7.01. The number of rotatable bonds is 1. The van der Waals surface area contributed by atoms with Crippen LogP contribution in [-0.4, -0.2) is 4.57 Å². The molecule has 1 nitrogen and oxygen atoms in total. The fourth-order valence-corrected chi connectivity index (χ4v) is 5.82. The first-order chi connectivity index (χ1) is 12.8. The molecule has 2 aromatic carbocycles. The molecule has 0 fully saturated rings. The molecular formula is C24H19NS. The van der Waals surface area contributed by atoms with E-state index in [2.05, 4.69) is 83.1 Å². The Morgan fingerprint density at radius 2 is 1.81 bits per heavy atom. The molecule has 0 atom stereocenters. The Hall–Kier alpha value is -2.58. The van der Waals surface area contributed by atoms with Gasteiger partial charge in [-0.25, -0.2) is 0 Å². The molecule has 0 unspecified atom stereocenters.